The zero-order valence-electron chi connectivity index (χ0n) is 26.0. The molecule has 4 aromatic rings. The predicted molar refractivity (Wildman–Crippen MR) is 177 cm³/mol. The number of ketones is 2. The first-order chi connectivity index (χ1) is 23.0. The van der Waals surface area contributed by atoms with E-state index in [4.69, 9.17) is 9.47 Å². The minimum atomic E-state index is -1.34. The lowest BCUT2D eigenvalue weighted by atomic mass is 9.63. The second kappa shape index (κ2) is 12.7. The zero-order chi connectivity index (χ0) is 32.5. The van der Waals surface area contributed by atoms with Gasteiger partial charge >= 0.3 is 5.97 Å². The van der Waals surface area contributed by atoms with Gasteiger partial charge in [-0.1, -0.05) is 103 Å². The molecule has 3 aliphatic rings. The van der Waals surface area contributed by atoms with Crippen LogP contribution in [0.2, 0.25) is 0 Å². The summed E-state index contributed by atoms with van der Waals surface area (Å²) in [6, 6.07) is 32.6. The number of rotatable bonds is 10. The monoisotopic (exact) mass is 627 g/mol. The summed E-state index contributed by atoms with van der Waals surface area (Å²) in [6.07, 6.45) is 1.76. The minimum Gasteiger partial charge on any atom is -0.491 e. The Morgan fingerprint density at radius 2 is 1.53 bits per heavy atom. The number of cyclic esters (lactones) is 1. The lowest BCUT2D eigenvalue weighted by molar-refractivity contribution is -0.178. The number of allylic oxidation sites excluding steroid dienone is 1. The second-order valence-electron chi connectivity index (χ2n) is 12.5. The normalized spacial score (nSPS) is 26.4. The number of ether oxygens (including phenoxy) is 2. The van der Waals surface area contributed by atoms with Gasteiger partial charge in [0, 0.05) is 12.8 Å². The average Bonchev–Trinajstić information content (AvgIpc) is 3.59. The van der Waals surface area contributed by atoms with Crippen LogP contribution in [0.15, 0.2) is 122 Å². The second-order valence-corrected chi connectivity index (χ2v) is 12.5. The quantitative estimate of drug-likeness (QED) is 0.169. The van der Waals surface area contributed by atoms with E-state index in [1.165, 1.54) is 0 Å². The highest BCUT2D eigenvalue weighted by molar-refractivity contribution is 6.06. The lowest BCUT2D eigenvalue weighted by Crippen LogP contribution is -2.52. The molecule has 2 fully saturated rings. The first kappa shape index (κ1) is 30.8. The van der Waals surface area contributed by atoms with Crippen molar-refractivity contribution in [2.75, 3.05) is 13.2 Å². The smallest absolute Gasteiger partial charge is 0.324 e. The number of fused-ring (bicyclic) bond motifs is 3. The summed E-state index contributed by atoms with van der Waals surface area (Å²) < 4.78 is 12.1. The molecular weight excluding hydrogens is 590 g/mol. The Morgan fingerprint density at radius 3 is 2.21 bits per heavy atom. The number of morpholine rings is 1. The zero-order valence-corrected chi connectivity index (χ0v) is 26.0. The van der Waals surface area contributed by atoms with E-state index in [-0.39, 0.29) is 37.6 Å². The van der Waals surface area contributed by atoms with Crippen molar-refractivity contribution in [1.82, 2.24) is 4.90 Å². The van der Waals surface area contributed by atoms with Gasteiger partial charge in [0.15, 0.2) is 5.78 Å². The van der Waals surface area contributed by atoms with E-state index in [1.807, 2.05) is 109 Å². The number of hydrogen-bond donors (Lipinski definition) is 1. The summed E-state index contributed by atoms with van der Waals surface area (Å²) in [5, 5.41) is 9.32. The van der Waals surface area contributed by atoms with Crippen molar-refractivity contribution in [3.05, 3.63) is 150 Å². The molecule has 0 saturated carbocycles. The average molecular weight is 628 g/mol. The fourth-order valence-electron chi connectivity index (χ4n) is 8.25. The Morgan fingerprint density at radius 1 is 0.872 bits per heavy atom. The van der Waals surface area contributed by atoms with E-state index in [9.17, 15) is 19.5 Å². The van der Waals surface area contributed by atoms with Crippen molar-refractivity contribution in [3.8, 4) is 5.75 Å². The summed E-state index contributed by atoms with van der Waals surface area (Å²) in [5.74, 6) is -1.15. The summed E-state index contributed by atoms with van der Waals surface area (Å²) in [5.41, 5.74) is 2.85. The van der Waals surface area contributed by atoms with Gasteiger partial charge in [-0.05, 0) is 46.4 Å². The van der Waals surface area contributed by atoms with Crippen LogP contribution in [0.4, 0.5) is 0 Å². The van der Waals surface area contributed by atoms with Crippen LogP contribution in [0.25, 0.3) is 0 Å². The molecule has 1 N–H and O–H groups in total. The standard InChI is InChI=1S/C40H37NO6/c1-2-3-18-32(43)34-36-39(45)47-37(27-14-8-5-9-15-27)35(26-12-6-4-7-13-26)41(36)38(28-19-21-30(22-20-28)46-24-23-42)40(34)31-17-11-10-16-29(31)25-33(40)44/h2,4-17,19-22,34-38,42H,1,3,18,23-25H2/t34-,35+,36+,37-,38-,40+/m0/s1. The van der Waals surface area contributed by atoms with Gasteiger partial charge in [0.25, 0.3) is 0 Å². The fourth-order valence-corrected chi connectivity index (χ4v) is 8.25. The van der Waals surface area contributed by atoms with Gasteiger partial charge < -0.3 is 14.6 Å². The largest absolute Gasteiger partial charge is 0.491 e. The lowest BCUT2D eigenvalue weighted by Gasteiger charge is -2.46. The maximum absolute atomic E-state index is 14.9. The molecule has 4 aromatic carbocycles. The molecule has 2 aliphatic heterocycles. The van der Waals surface area contributed by atoms with Gasteiger partial charge in [-0.3, -0.25) is 19.3 Å². The number of Topliss-reactive ketones (excluding diaryl/α,β-unsaturated/α-hetero) is 2. The topological polar surface area (TPSA) is 93.1 Å². The number of esters is 1. The van der Waals surface area contributed by atoms with Gasteiger partial charge in [0.1, 0.15) is 30.3 Å². The highest BCUT2D eigenvalue weighted by Crippen LogP contribution is 2.64. The van der Waals surface area contributed by atoms with E-state index < -0.39 is 41.5 Å². The first-order valence-corrected chi connectivity index (χ1v) is 16.2. The van der Waals surface area contributed by atoms with E-state index in [0.717, 1.165) is 27.8 Å². The Labute approximate surface area is 274 Å². The number of hydrogen-bond acceptors (Lipinski definition) is 7. The molecule has 47 heavy (non-hydrogen) atoms. The highest BCUT2D eigenvalue weighted by atomic mass is 16.6. The molecule has 7 rings (SSSR count). The van der Waals surface area contributed by atoms with Gasteiger partial charge in [-0.2, -0.15) is 0 Å². The van der Waals surface area contributed by atoms with Crippen molar-refractivity contribution in [3.63, 3.8) is 0 Å². The summed E-state index contributed by atoms with van der Waals surface area (Å²) in [7, 11) is 0. The minimum absolute atomic E-state index is 0.0773. The van der Waals surface area contributed by atoms with Gasteiger partial charge in [-0.25, -0.2) is 0 Å². The number of nitrogens with zero attached hydrogens (tertiary/aromatic N) is 1. The summed E-state index contributed by atoms with van der Waals surface area (Å²) in [4.78, 5) is 46.1. The predicted octanol–water partition coefficient (Wildman–Crippen LogP) is 6.04. The van der Waals surface area contributed by atoms with E-state index in [0.29, 0.717) is 12.2 Å². The molecule has 1 spiro atoms. The molecule has 0 radical (unpaired) electrons. The van der Waals surface area contributed by atoms with E-state index in [1.54, 1.807) is 6.08 Å². The SMILES string of the molecule is C=CCCC(=O)[C@H]1[C@@H]2C(=O)O[C@@H](c3ccccc3)[C@@H](c3ccccc3)N2[C@@H](c2ccc(OCCO)cc2)[C@]12C(=O)Cc1ccccc12. The van der Waals surface area contributed by atoms with Crippen LogP contribution < -0.4 is 4.74 Å². The molecule has 0 unspecified atom stereocenters. The Bertz CT molecular complexity index is 1790. The van der Waals surface area contributed by atoms with Gasteiger partial charge in [-0.15, -0.1) is 6.58 Å². The number of aliphatic hydroxyl groups excluding tert-OH is 1. The molecule has 6 atom stereocenters. The first-order valence-electron chi connectivity index (χ1n) is 16.2. The Hall–Kier alpha value is -4.85. The van der Waals surface area contributed by atoms with E-state index in [2.05, 4.69) is 11.5 Å². The van der Waals surface area contributed by atoms with Crippen molar-refractivity contribution in [2.45, 2.75) is 48.9 Å². The summed E-state index contributed by atoms with van der Waals surface area (Å²) in [6.45, 7) is 3.86. The molecule has 238 valence electrons. The van der Waals surface area contributed by atoms with Crippen LogP contribution in [0.1, 0.15) is 58.8 Å². The van der Waals surface area contributed by atoms with E-state index >= 15 is 0 Å². The molecule has 1 aliphatic carbocycles. The van der Waals surface area contributed by atoms with Gasteiger partial charge in [0.05, 0.1) is 30.0 Å². The third kappa shape index (κ3) is 5.01. The number of benzene rings is 4. The van der Waals surface area contributed by atoms with Crippen molar-refractivity contribution >= 4 is 17.5 Å². The van der Waals surface area contributed by atoms with Crippen LogP contribution in [-0.4, -0.2) is 46.8 Å². The van der Waals surface area contributed by atoms with Gasteiger partial charge in [0.2, 0.25) is 0 Å². The maximum Gasteiger partial charge on any atom is 0.324 e. The van der Waals surface area contributed by atoms with Crippen LogP contribution in [0.5, 0.6) is 5.75 Å². The van der Waals surface area contributed by atoms with Crippen LogP contribution in [0.3, 0.4) is 0 Å². The van der Waals surface area contributed by atoms with Crippen LogP contribution >= 0.6 is 0 Å². The Kier molecular flexibility index (Phi) is 8.35. The van der Waals surface area contributed by atoms with Crippen LogP contribution in [0, 0.1) is 5.92 Å². The van der Waals surface area contributed by atoms with Crippen molar-refractivity contribution in [1.29, 1.82) is 0 Å². The maximum atomic E-state index is 14.9. The van der Waals surface area contributed by atoms with Crippen molar-refractivity contribution in [2.24, 2.45) is 5.92 Å². The molecule has 2 saturated heterocycles. The Balaban J connectivity index is 1.52. The molecule has 0 amide bonds. The molecule has 7 nitrogen and oxygen atoms in total. The molecule has 0 aromatic heterocycles. The third-order valence-electron chi connectivity index (χ3n) is 9.99. The number of carbonyl (C=O) groups is 3. The van der Waals surface area contributed by atoms with Crippen LogP contribution in [-0.2, 0) is 31.0 Å². The van der Waals surface area contributed by atoms with Crippen molar-refractivity contribution < 1.29 is 29.0 Å². The highest BCUT2D eigenvalue weighted by Gasteiger charge is 2.72. The fraction of sp³-hybridized carbons (Fsp3) is 0.275. The summed E-state index contributed by atoms with van der Waals surface area (Å²) >= 11 is 0. The molecule has 7 heteroatoms. The molecule has 2 heterocycles. The molecule has 0 bridgehead atoms. The third-order valence-corrected chi connectivity index (χ3v) is 9.99. The molecular formula is C40H37NO6. The number of carbonyl (C=O) groups excluding carboxylic acids is 3. The number of aliphatic hydroxyl groups is 1.